The Morgan fingerprint density at radius 1 is 1.14 bits per heavy atom. The lowest BCUT2D eigenvalue weighted by Crippen LogP contribution is -2.18. The Morgan fingerprint density at radius 2 is 2.04 bits per heavy atom. The molecule has 0 spiro atoms. The van der Waals surface area contributed by atoms with Crippen LogP contribution in [0.3, 0.4) is 0 Å². The number of nitrogens with one attached hydrogen (secondary N) is 2. The van der Waals surface area contributed by atoms with E-state index in [1.807, 2.05) is 36.5 Å². The van der Waals surface area contributed by atoms with E-state index in [9.17, 15) is 4.79 Å². The largest absolute Gasteiger partial charge is 0.368 e. The van der Waals surface area contributed by atoms with Crippen molar-refractivity contribution in [2.45, 2.75) is 0 Å². The summed E-state index contributed by atoms with van der Waals surface area (Å²) in [5.41, 5.74) is 15.2. The van der Waals surface area contributed by atoms with Crippen LogP contribution in [0, 0.1) is 0 Å². The Hall–Kier alpha value is -3.78. The fourth-order valence-corrected chi connectivity index (χ4v) is 3.02. The van der Waals surface area contributed by atoms with Crippen molar-refractivity contribution in [3.63, 3.8) is 0 Å². The summed E-state index contributed by atoms with van der Waals surface area (Å²) < 4.78 is 0. The second kappa shape index (κ2) is 7.45. The van der Waals surface area contributed by atoms with Crippen LogP contribution in [0.1, 0.15) is 10.5 Å². The van der Waals surface area contributed by atoms with Crippen molar-refractivity contribution in [1.82, 2.24) is 19.9 Å². The Morgan fingerprint density at radius 3 is 2.79 bits per heavy atom. The molecule has 1 aromatic carbocycles. The minimum Gasteiger partial charge on any atom is -0.368 e. The number of aromatic amines is 1. The summed E-state index contributed by atoms with van der Waals surface area (Å²) in [5, 5.41) is 4.04. The maximum atomic E-state index is 11.8. The second-order valence-corrected chi connectivity index (χ2v) is 6.26. The molecule has 8 nitrogen and oxygen atoms in total. The number of rotatable bonds is 6. The number of nitrogens with two attached hydrogens (primary N) is 2. The number of carbonyl (C=O) groups excluding carboxylic acids is 1. The highest BCUT2D eigenvalue weighted by Gasteiger charge is 2.17. The third-order valence-corrected chi connectivity index (χ3v) is 4.33. The number of anilines is 1. The van der Waals surface area contributed by atoms with Gasteiger partial charge in [0.05, 0.1) is 11.9 Å². The average Bonchev–Trinajstić information content (AvgIpc) is 3.16. The number of hydrogen-bond donors (Lipinski definition) is 4. The highest BCUT2D eigenvalue weighted by Crippen LogP contribution is 2.29. The smallest absolute Gasteiger partial charge is 0.269 e. The van der Waals surface area contributed by atoms with Crippen LogP contribution in [-0.4, -0.2) is 38.9 Å². The van der Waals surface area contributed by atoms with E-state index in [0.717, 1.165) is 22.0 Å². The first kappa shape index (κ1) is 17.6. The molecule has 0 unspecified atom stereocenters. The van der Waals surface area contributed by atoms with E-state index in [1.54, 1.807) is 6.20 Å². The van der Waals surface area contributed by atoms with E-state index in [2.05, 4.69) is 31.3 Å². The summed E-state index contributed by atoms with van der Waals surface area (Å²) >= 11 is 0. The molecule has 0 saturated heterocycles. The van der Waals surface area contributed by atoms with Crippen molar-refractivity contribution < 1.29 is 4.79 Å². The Bertz CT molecular complexity index is 1140. The molecule has 0 fully saturated rings. The molecule has 140 valence electrons. The SMILES string of the molecule is NCCNc1cnc(C(N)=O)c(-c2cc3cc(-c4cccnc4)ccc3[nH]2)n1. The number of nitrogens with zero attached hydrogens (tertiary/aromatic N) is 3. The second-order valence-electron chi connectivity index (χ2n) is 6.26. The zero-order valence-corrected chi connectivity index (χ0v) is 15.0. The fraction of sp³-hybridized carbons (Fsp3) is 0.100. The zero-order chi connectivity index (χ0) is 19.5. The van der Waals surface area contributed by atoms with Gasteiger partial charge in [-0.25, -0.2) is 9.97 Å². The van der Waals surface area contributed by atoms with Crippen LogP contribution < -0.4 is 16.8 Å². The molecule has 0 aliphatic heterocycles. The molecule has 28 heavy (non-hydrogen) atoms. The molecule has 0 atom stereocenters. The maximum Gasteiger partial charge on any atom is 0.269 e. The molecule has 4 rings (SSSR count). The number of pyridine rings is 1. The minimum atomic E-state index is -0.637. The van der Waals surface area contributed by atoms with Gasteiger partial charge in [0, 0.05) is 41.9 Å². The van der Waals surface area contributed by atoms with Gasteiger partial charge in [0.15, 0.2) is 5.69 Å². The number of primary amides is 1. The summed E-state index contributed by atoms with van der Waals surface area (Å²) in [4.78, 5) is 28.0. The molecule has 0 radical (unpaired) electrons. The van der Waals surface area contributed by atoms with Gasteiger partial charge >= 0.3 is 0 Å². The number of amides is 1. The topological polar surface area (TPSA) is 136 Å². The standard InChI is InChI=1S/C20H19N7O/c21-5-7-24-17-11-25-19(20(22)28)18(27-17)16-9-14-8-12(3-4-15(14)26-16)13-2-1-6-23-10-13/h1-4,6,8-11,26H,5,7,21H2,(H2,22,28)(H,24,27). The van der Waals surface area contributed by atoms with Crippen molar-refractivity contribution in [2.75, 3.05) is 18.4 Å². The lowest BCUT2D eigenvalue weighted by Gasteiger charge is -2.08. The van der Waals surface area contributed by atoms with Gasteiger partial charge in [-0.05, 0) is 29.8 Å². The molecule has 3 heterocycles. The quantitative estimate of drug-likeness (QED) is 0.409. The Kier molecular flexibility index (Phi) is 4.69. The van der Waals surface area contributed by atoms with Crippen LogP contribution in [0.2, 0.25) is 0 Å². The molecular weight excluding hydrogens is 354 g/mol. The van der Waals surface area contributed by atoms with E-state index >= 15 is 0 Å². The Labute approximate surface area is 161 Å². The van der Waals surface area contributed by atoms with Crippen LogP contribution in [-0.2, 0) is 0 Å². The molecule has 0 bridgehead atoms. The number of fused-ring (bicyclic) bond motifs is 1. The Balaban J connectivity index is 1.79. The van der Waals surface area contributed by atoms with Crippen molar-refractivity contribution >= 4 is 22.6 Å². The number of carbonyl (C=O) groups is 1. The van der Waals surface area contributed by atoms with Crippen LogP contribution in [0.25, 0.3) is 33.4 Å². The molecule has 0 saturated carbocycles. The molecule has 6 N–H and O–H groups in total. The van der Waals surface area contributed by atoms with Crippen molar-refractivity contribution in [3.8, 4) is 22.5 Å². The van der Waals surface area contributed by atoms with Gasteiger partial charge in [-0.15, -0.1) is 0 Å². The predicted octanol–water partition coefficient (Wildman–Crippen LogP) is 2.16. The summed E-state index contributed by atoms with van der Waals surface area (Å²) in [7, 11) is 0. The van der Waals surface area contributed by atoms with E-state index in [-0.39, 0.29) is 5.69 Å². The van der Waals surface area contributed by atoms with E-state index < -0.39 is 5.91 Å². The van der Waals surface area contributed by atoms with Gasteiger partial charge in [-0.2, -0.15) is 0 Å². The molecule has 1 amide bonds. The van der Waals surface area contributed by atoms with Crippen LogP contribution in [0.15, 0.2) is 55.0 Å². The highest BCUT2D eigenvalue weighted by atomic mass is 16.1. The summed E-state index contributed by atoms with van der Waals surface area (Å²) in [5.74, 6) is -0.109. The minimum absolute atomic E-state index is 0.109. The van der Waals surface area contributed by atoms with Gasteiger partial charge in [0.25, 0.3) is 5.91 Å². The van der Waals surface area contributed by atoms with Crippen LogP contribution in [0.5, 0.6) is 0 Å². The fourth-order valence-electron chi connectivity index (χ4n) is 3.02. The van der Waals surface area contributed by atoms with E-state index in [4.69, 9.17) is 11.5 Å². The third-order valence-electron chi connectivity index (χ3n) is 4.33. The van der Waals surface area contributed by atoms with Gasteiger partial charge in [-0.1, -0.05) is 12.1 Å². The first-order valence-electron chi connectivity index (χ1n) is 8.80. The van der Waals surface area contributed by atoms with Gasteiger partial charge in [-0.3, -0.25) is 9.78 Å². The molecular formula is C20H19N7O. The molecule has 4 aromatic rings. The van der Waals surface area contributed by atoms with Gasteiger partial charge in [0.1, 0.15) is 11.5 Å². The molecule has 3 aromatic heterocycles. The molecule has 0 aliphatic rings. The number of benzene rings is 1. The zero-order valence-electron chi connectivity index (χ0n) is 15.0. The normalized spacial score (nSPS) is 10.9. The number of hydrogen-bond acceptors (Lipinski definition) is 6. The van der Waals surface area contributed by atoms with Gasteiger partial charge in [0.2, 0.25) is 0 Å². The lowest BCUT2D eigenvalue weighted by molar-refractivity contribution is 0.0996. The van der Waals surface area contributed by atoms with E-state index in [1.165, 1.54) is 6.20 Å². The van der Waals surface area contributed by atoms with Crippen molar-refractivity contribution in [1.29, 1.82) is 0 Å². The third kappa shape index (κ3) is 3.40. The van der Waals surface area contributed by atoms with Crippen LogP contribution in [0.4, 0.5) is 5.82 Å². The summed E-state index contributed by atoms with van der Waals surface area (Å²) in [6.07, 6.45) is 5.03. The summed E-state index contributed by atoms with van der Waals surface area (Å²) in [6, 6.07) is 11.9. The highest BCUT2D eigenvalue weighted by molar-refractivity contribution is 5.98. The first-order valence-corrected chi connectivity index (χ1v) is 8.80. The van der Waals surface area contributed by atoms with E-state index in [0.29, 0.717) is 30.3 Å². The number of H-pyrrole nitrogens is 1. The molecule has 8 heteroatoms. The van der Waals surface area contributed by atoms with Crippen molar-refractivity contribution in [3.05, 3.63) is 60.7 Å². The lowest BCUT2D eigenvalue weighted by atomic mass is 10.1. The van der Waals surface area contributed by atoms with Gasteiger partial charge < -0.3 is 21.8 Å². The van der Waals surface area contributed by atoms with Crippen LogP contribution >= 0.6 is 0 Å². The maximum absolute atomic E-state index is 11.8. The van der Waals surface area contributed by atoms with Crippen molar-refractivity contribution in [2.24, 2.45) is 11.5 Å². The predicted molar refractivity (Wildman–Crippen MR) is 109 cm³/mol. The monoisotopic (exact) mass is 373 g/mol. The molecule has 0 aliphatic carbocycles. The summed E-state index contributed by atoms with van der Waals surface area (Å²) in [6.45, 7) is 1.00. The number of aromatic nitrogens is 4. The first-order chi connectivity index (χ1) is 13.7. The average molecular weight is 373 g/mol.